The molecule has 3 N–H and O–H groups in total. The van der Waals surface area contributed by atoms with Crippen LogP contribution in [0.1, 0.15) is 23.3 Å². The molecule has 7 nitrogen and oxygen atoms in total. The Morgan fingerprint density at radius 2 is 2.27 bits per heavy atom. The zero-order chi connectivity index (χ0) is 17.8. The molecule has 1 saturated heterocycles. The number of thiophene rings is 1. The van der Waals surface area contributed by atoms with Gasteiger partial charge in [0.15, 0.2) is 11.5 Å². The molecule has 142 valence electrons. The molecule has 0 aliphatic carbocycles. The number of carbonyl (C=O) groups excluding carboxylic acids is 2. The molecule has 2 aromatic rings. The number of halogens is 2. The molecule has 3 rings (SSSR count). The number of hydrogen-bond donors (Lipinski definition) is 2. The number of nitrogens with two attached hydrogens (primary N) is 1. The summed E-state index contributed by atoms with van der Waals surface area (Å²) in [6, 6.07) is 5.20. The minimum Gasteiger partial charge on any atom is -0.355 e. The van der Waals surface area contributed by atoms with Gasteiger partial charge in [-0.2, -0.15) is 0 Å². The molecule has 2 amide bonds. The summed E-state index contributed by atoms with van der Waals surface area (Å²) >= 11 is 7.28. The second kappa shape index (κ2) is 9.36. The molecule has 0 aromatic carbocycles. The van der Waals surface area contributed by atoms with E-state index in [0.29, 0.717) is 36.3 Å². The summed E-state index contributed by atoms with van der Waals surface area (Å²) in [4.78, 5) is 27.2. The van der Waals surface area contributed by atoms with E-state index in [-0.39, 0.29) is 35.8 Å². The number of hydrogen-bond acceptors (Lipinski definition) is 6. The lowest BCUT2D eigenvalue weighted by molar-refractivity contribution is -0.126. The van der Waals surface area contributed by atoms with E-state index in [1.165, 1.54) is 11.3 Å². The van der Waals surface area contributed by atoms with E-state index in [9.17, 15) is 9.59 Å². The normalized spacial score (nSPS) is 16.8. The van der Waals surface area contributed by atoms with Crippen molar-refractivity contribution < 1.29 is 14.1 Å². The van der Waals surface area contributed by atoms with E-state index < -0.39 is 0 Å². The first-order chi connectivity index (χ1) is 12.1. The highest BCUT2D eigenvalue weighted by Crippen LogP contribution is 2.31. The zero-order valence-electron chi connectivity index (χ0n) is 13.9. The number of carbonyl (C=O) groups is 2. The average molecular weight is 419 g/mol. The minimum atomic E-state index is -0.228. The number of rotatable bonds is 5. The third-order valence-electron chi connectivity index (χ3n) is 4.07. The number of nitrogens with zero attached hydrogens (tertiary/aromatic N) is 2. The molecule has 1 unspecified atom stereocenters. The Labute approximate surface area is 166 Å². The summed E-state index contributed by atoms with van der Waals surface area (Å²) in [5.41, 5.74) is 5.64. The van der Waals surface area contributed by atoms with Crippen LogP contribution in [0.5, 0.6) is 0 Å². The summed E-state index contributed by atoms with van der Waals surface area (Å²) in [6.07, 6.45) is 1.54. The first-order valence-electron chi connectivity index (χ1n) is 8.08. The van der Waals surface area contributed by atoms with Gasteiger partial charge < -0.3 is 20.5 Å². The second-order valence-corrected chi connectivity index (χ2v) is 7.57. The molecular weight excluding hydrogens is 399 g/mol. The maximum atomic E-state index is 12.7. The quantitative estimate of drug-likeness (QED) is 0.775. The zero-order valence-corrected chi connectivity index (χ0v) is 16.3. The fraction of sp³-hybridized carbons (Fsp3) is 0.438. The standard InChI is InChI=1S/C16H19ClN4O3S.ClH/c17-14-4-3-13(25-14)12-8-11(20-24-12)16(23)21-7-1-2-10(9-21)15(22)19-6-5-18;/h3-4,8,10H,1-2,5-7,9,18H2,(H,19,22);1H. The molecule has 0 radical (unpaired) electrons. The van der Waals surface area contributed by atoms with Gasteiger partial charge in [-0.05, 0) is 25.0 Å². The molecule has 1 aliphatic heterocycles. The van der Waals surface area contributed by atoms with E-state index in [1.807, 2.05) is 6.07 Å². The molecule has 2 aromatic heterocycles. The molecule has 1 aliphatic rings. The Bertz CT molecular complexity index is 764. The van der Waals surface area contributed by atoms with Crippen molar-refractivity contribution in [3.05, 3.63) is 28.2 Å². The van der Waals surface area contributed by atoms with E-state index in [0.717, 1.165) is 17.7 Å². The third-order valence-corrected chi connectivity index (χ3v) is 5.31. The monoisotopic (exact) mass is 418 g/mol. The van der Waals surface area contributed by atoms with Crippen LogP contribution in [-0.2, 0) is 4.79 Å². The number of nitrogens with one attached hydrogen (secondary N) is 1. The molecule has 0 saturated carbocycles. The lowest BCUT2D eigenvalue weighted by atomic mass is 9.97. The van der Waals surface area contributed by atoms with Crippen LogP contribution in [0.2, 0.25) is 4.34 Å². The van der Waals surface area contributed by atoms with Gasteiger partial charge in [0.2, 0.25) is 5.91 Å². The second-order valence-electron chi connectivity index (χ2n) is 5.85. The van der Waals surface area contributed by atoms with E-state index in [2.05, 4.69) is 10.5 Å². The van der Waals surface area contributed by atoms with Crippen molar-refractivity contribution in [3.8, 4) is 10.6 Å². The number of piperidine rings is 1. The Hall–Kier alpha value is -1.61. The maximum Gasteiger partial charge on any atom is 0.276 e. The molecule has 26 heavy (non-hydrogen) atoms. The Balaban J connectivity index is 0.00000243. The Kier molecular flexibility index (Phi) is 7.45. The van der Waals surface area contributed by atoms with Crippen LogP contribution in [0, 0.1) is 5.92 Å². The molecular formula is C16H20Cl2N4O3S. The summed E-state index contributed by atoms with van der Waals surface area (Å²) < 4.78 is 5.90. The van der Waals surface area contributed by atoms with E-state index in [4.69, 9.17) is 21.9 Å². The largest absolute Gasteiger partial charge is 0.355 e. The number of amides is 2. The topological polar surface area (TPSA) is 101 Å². The van der Waals surface area contributed by atoms with Crippen LogP contribution in [0.25, 0.3) is 10.6 Å². The molecule has 10 heteroatoms. The van der Waals surface area contributed by atoms with Crippen molar-refractivity contribution in [1.29, 1.82) is 0 Å². The highest BCUT2D eigenvalue weighted by Gasteiger charge is 2.30. The van der Waals surface area contributed by atoms with Gasteiger partial charge >= 0.3 is 0 Å². The summed E-state index contributed by atoms with van der Waals surface area (Å²) in [7, 11) is 0. The van der Waals surface area contributed by atoms with Gasteiger partial charge in [-0.25, -0.2) is 0 Å². The van der Waals surface area contributed by atoms with Crippen molar-refractivity contribution in [2.24, 2.45) is 11.7 Å². The summed E-state index contributed by atoms with van der Waals surface area (Å²) in [5.74, 6) is 0.00668. The fourth-order valence-electron chi connectivity index (χ4n) is 2.82. The summed E-state index contributed by atoms with van der Waals surface area (Å²) in [6.45, 7) is 1.82. The van der Waals surface area contributed by atoms with Crippen LogP contribution < -0.4 is 11.1 Å². The van der Waals surface area contributed by atoms with Gasteiger partial charge in [0.25, 0.3) is 5.91 Å². The van der Waals surface area contributed by atoms with E-state index >= 15 is 0 Å². The fourth-order valence-corrected chi connectivity index (χ4v) is 3.81. The Morgan fingerprint density at radius 1 is 1.46 bits per heavy atom. The van der Waals surface area contributed by atoms with Crippen LogP contribution in [0.15, 0.2) is 22.7 Å². The average Bonchev–Trinajstić information content (AvgIpc) is 3.28. The highest BCUT2D eigenvalue weighted by atomic mass is 35.5. The van der Waals surface area contributed by atoms with Gasteiger partial charge in [-0.3, -0.25) is 9.59 Å². The van der Waals surface area contributed by atoms with Gasteiger partial charge in [0.05, 0.1) is 15.1 Å². The van der Waals surface area contributed by atoms with Crippen molar-refractivity contribution in [2.45, 2.75) is 12.8 Å². The van der Waals surface area contributed by atoms with Crippen molar-refractivity contribution in [3.63, 3.8) is 0 Å². The first kappa shape index (κ1) is 20.7. The molecule has 0 bridgehead atoms. The summed E-state index contributed by atoms with van der Waals surface area (Å²) in [5, 5.41) is 6.66. The van der Waals surface area contributed by atoms with Gasteiger partial charge in [0.1, 0.15) is 0 Å². The van der Waals surface area contributed by atoms with Gasteiger partial charge in [-0.15, -0.1) is 23.7 Å². The third kappa shape index (κ3) is 4.76. The smallest absolute Gasteiger partial charge is 0.276 e. The molecule has 1 atom stereocenters. The van der Waals surface area contributed by atoms with Crippen molar-refractivity contribution >= 4 is 47.2 Å². The molecule has 1 fully saturated rings. The van der Waals surface area contributed by atoms with Gasteiger partial charge in [-0.1, -0.05) is 16.8 Å². The van der Waals surface area contributed by atoms with Crippen LogP contribution >= 0.6 is 35.3 Å². The SMILES string of the molecule is Cl.NCCNC(=O)C1CCCN(C(=O)c2cc(-c3ccc(Cl)s3)on2)C1. The maximum absolute atomic E-state index is 12.7. The molecule has 0 spiro atoms. The highest BCUT2D eigenvalue weighted by molar-refractivity contribution is 7.19. The minimum absolute atomic E-state index is 0. The predicted octanol–water partition coefficient (Wildman–Crippen LogP) is 2.41. The Morgan fingerprint density at radius 3 is 2.96 bits per heavy atom. The van der Waals surface area contributed by atoms with Crippen LogP contribution in [-0.4, -0.2) is 48.0 Å². The molecule has 3 heterocycles. The lowest BCUT2D eigenvalue weighted by Gasteiger charge is -2.31. The first-order valence-corrected chi connectivity index (χ1v) is 9.27. The van der Waals surface area contributed by atoms with Crippen LogP contribution in [0.4, 0.5) is 0 Å². The predicted molar refractivity (Wildman–Crippen MR) is 103 cm³/mol. The number of aromatic nitrogens is 1. The van der Waals surface area contributed by atoms with Crippen molar-refractivity contribution in [1.82, 2.24) is 15.4 Å². The van der Waals surface area contributed by atoms with Crippen LogP contribution in [0.3, 0.4) is 0 Å². The lowest BCUT2D eigenvalue weighted by Crippen LogP contribution is -2.46. The number of likely N-dealkylation sites (tertiary alicyclic amines) is 1. The van der Waals surface area contributed by atoms with E-state index in [1.54, 1.807) is 17.0 Å². The van der Waals surface area contributed by atoms with Crippen molar-refractivity contribution in [2.75, 3.05) is 26.2 Å². The van der Waals surface area contributed by atoms with Gasteiger partial charge in [0, 0.05) is 32.2 Å².